The molecule has 1 atom stereocenters. The molecule has 1 aromatic heterocycles. The van der Waals surface area contributed by atoms with E-state index in [9.17, 15) is 8.42 Å². The molecule has 0 aliphatic rings. The van der Waals surface area contributed by atoms with Crippen molar-refractivity contribution < 1.29 is 8.42 Å². The van der Waals surface area contributed by atoms with Crippen molar-refractivity contribution in [3.63, 3.8) is 0 Å². The van der Waals surface area contributed by atoms with Crippen LogP contribution in [0.25, 0.3) is 0 Å². The Morgan fingerprint density at radius 2 is 2.00 bits per heavy atom. The van der Waals surface area contributed by atoms with Crippen LogP contribution in [0.15, 0.2) is 23.4 Å². The monoisotopic (exact) mass is 276 g/mol. The summed E-state index contributed by atoms with van der Waals surface area (Å²) in [6, 6.07) is 1.25. The molecule has 1 unspecified atom stereocenters. The number of rotatable bonds is 3. The van der Waals surface area contributed by atoms with Crippen LogP contribution in [0.2, 0.25) is 5.02 Å². The number of hydrogen-bond acceptors (Lipinski definition) is 3. The second kappa shape index (κ2) is 4.92. The van der Waals surface area contributed by atoms with Crippen LogP contribution in [0.1, 0.15) is 27.7 Å². The van der Waals surface area contributed by atoms with Gasteiger partial charge < -0.3 is 0 Å². The summed E-state index contributed by atoms with van der Waals surface area (Å²) in [4.78, 5) is 3.79. The maximum Gasteiger partial charge on any atom is 0.243 e. The zero-order valence-corrected chi connectivity index (χ0v) is 11.9. The quantitative estimate of drug-likeness (QED) is 0.922. The average molecular weight is 277 g/mol. The van der Waals surface area contributed by atoms with Gasteiger partial charge in [0.05, 0.1) is 5.02 Å². The minimum atomic E-state index is -3.62. The number of nitrogens with zero attached hydrogens (tertiary/aromatic N) is 1. The Kier molecular flexibility index (Phi) is 4.17. The molecule has 1 N–H and O–H groups in total. The summed E-state index contributed by atoms with van der Waals surface area (Å²) < 4.78 is 26.8. The van der Waals surface area contributed by atoms with E-state index in [-0.39, 0.29) is 21.4 Å². The maximum atomic E-state index is 12.1. The van der Waals surface area contributed by atoms with Crippen LogP contribution in [0, 0.1) is 5.41 Å². The number of aromatic nitrogens is 1. The zero-order valence-electron chi connectivity index (χ0n) is 10.4. The van der Waals surface area contributed by atoms with Gasteiger partial charge in [-0.3, -0.25) is 4.98 Å². The molecule has 96 valence electrons. The maximum absolute atomic E-state index is 12.1. The highest BCUT2D eigenvalue weighted by atomic mass is 35.5. The van der Waals surface area contributed by atoms with Gasteiger partial charge in [0.1, 0.15) is 4.90 Å². The first-order chi connectivity index (χ1) is 7.64. The number of sulfonamides is 1. The second-order valence-corrected chi connectivity index (χ2v) is 7.10. The van der Waals surface area contributed by atoms with E-state index in [0.717, 1.165) is 0 Å². The molecule has 1 aromatic rings. The van der Waals surface area contributed by atoms with Gasteiger partial charge in [-0.05, 0) is 18.4 Å². The molecular formula is C11H17ClN2O2S. The molecule has 1 heterocycles. The predicted octanol–water partition coefficient (Wildman–Crippen LogP) is 2.45. The predicted molar refractivity (Wildman–Crippen MR) is 68.5 cm³/mol. The number of pyridine rings is 1. The van der Waals surface area contributed by atoms with Gasteiger partial charge in [-0.2, -0.15) is 0 Å². The van der Waals surface area contributed by atoms with Crippen LogP contribution in [0.4, 0.5) is 0 Å². The Labute approximate surface area is 107 Å². The van der Waals surface area contributed by atoms with Crippen LogP contribution in [0.3, 0.4) is 0 Å². The van der Waals surface area contributed by atoms with Crippen molar-refractivity contribution in [3.05, 3.63) is 23.5 Å². The lowest BCUT2D eigenvalue weighted by Gasteiger charge is -2.27. The molecule has 4 nitrogen and oxygen atoms in total. The lowest BCUT2D eigenvalue weighted by Crippen LogP contribution is -2.41. The first kappa shape index (κ1) is 14.4. The summed E-state index contributed by atoms with van der Waals surface area (Å²) >= 11 is 5.85. The van der Waals surface area contributed by atoms with E-state index < -0.39 is 10.0 Å². The molecule has 0 radical (unpaired) electrons. The minimum absolute atomic E-state index is 0.0118. The van der Waals surface area contributed by atoms with E-state index in [4.69, 9.17) is 11.6 Å². The lowest BCUT2D eigenvalue weighted by atomic mass is 9.89. The van der Waals surface area contributed by atoms with E-state index in [1.165, 1.54) is 18.5 Å². The van der Waals surface area contributed by atoms with Gasteiger partial charge in [0, 0.05) is 18.4 Å². The smallest absolute Gasteiger partial charge is 0.243 e. The van der Waals surface area contributed by atoms with Gasteiger partial charge in [-0.1, -0.05) is 32.4 Å². The lowest BCUT2D eigenvalue weighted by molar-refractivity contribution is 0.317. The van der Waals surface area contributed by atoms with E-state index in [1.54, 1.807) is 0 Å². The van der Waals surface area contributed by atoms with Crippen molar-refractivity contribution in [2.75, 3.05) is 0 Å². The summed E-state index contributed by atoms with van der Waals surface area (Å²) in [7, 11) is -3.62. The Hall–Kier alpha value is -0.650. The summed E-state index contributed by atoms with van der Waals surface area (Å²) in [5, 5.41) is 0.175. The molecule has 0 aliphatic heterocycles. The van der Waals surface area contributed by atoms with E-state index >= 15 is 0 Å². The molecule has 0 spiro atoms. The summed E-state index contributed by atoms with van der Waals surface area (Å²) in [6.07, 6.45) is 2.70. The first-order valence-electron chi connectivity index (χ1n) is 5.26. The van der Waals surface area contributed by atoms with Crippen molar-refractivity contribution in [1.29, 1.82) is 0 Å². The molecule has 6 heteroatoms. The van der Waals surface area contributed by atoms with E-state index in [1.807, 2.05) is 27.7 Å². The highest BCUT2D eigenvalue weighted by Crippen LogP contribution is 2.23. The van der Waals surface area contributed by atoms with Gasteiger partial charge >= 0.3 is 0 Å². The first-order valence-corrected chi connectivity index (χ1v) is 7.12. The van der Waals surface area contributed by atoms with Crippen molar-refractivity contribution in [2.45, 2.75) is 38.6 Å². The highest BCUT2D eigenvalue weighted by Gasteiger charge is 2.27. The normalized spacial score (nSPS) is 14.6. The second-order valence-electron chi connectivity index (χ2n) is 5.02. The van der Waals surface area contributed by atoms with Crippen LogP contribution in [-0.2, 0) is 10.0 Å². The molecule has 0 aromatic carbocycles. The topological polar surface area (TPSA) is 59.1 Å². The van der Waals surface area contributed by atoms with Crippen LogP contribution >= 0.6 is 11.6 Å². The summed E-state index contributed by atoms with van der Waals surface area (Å²) in [5.74, 6) is 0. The van der Waals surface area contributed by atoms with Gasteiger partial charge in [-0.15, -0.1) is 0 Å². The average Bonchev–Trinajstić information content (AvgIpc) is 2.15. The van der Waals surface area contributed by atoms with Crippen LogP contribution < -0.4 is 4.72 Å². The molecule has 17 heavy (non-hydrogen) atoms. The van der Waals surface area contributed by atoms with Gasteiger partial charge in [0.25, 0.3) is 0 Å². The fourth-order valence-electron chi connectivity index (χ4n) is 1.03. The standard InChI is InChI=1S/C11H17ClN2O2S/c1-8(11(2,3)4)14-17(15,16)10-7-13-6-5-9(10)12/h5-8,14H,1-4H3. The Morgan fingerprint density at radius 3 is 2.47 bits per heavy atom. The third-order valence-electron chi connectivity index (χ3n) is 2.65. The van der Waals surface area contributed by atoms with E-state index in [2.05, 4.69) is 9.71 Å². The summed E-state index contributed by atoms with van der Waals surface area (Å²) in [5.41, 5.74) is -0.165. The molecule has 0 aliphatic carbocycles. The zero-order chi connectivity index (χ0) is 13.3. The van der Waals surface area contributed by atoms with Crippen molar-refractivity contribution >= 4 is 21.6 Å². The van der Waals surface area contributed by atoms with Crippen molar-refractivity contribution in [1.82, 2.24) is 9.71 Å². The Morgan fingerprint density at radius 1 is 1.41 bits per heavy atom. The van der Waals surface area contributed by atoms with Gasteiger partial charge in [0.15, 0.2) is 0 Å². The third kappa shape index (κ3) is 3.66. The molecule has 1 rings (SSSR count). The van der Waals surface area contributed by atoms with Crippen molar-refractivity contribution in [2.24, 2.45) is 5.41 Å². The molecule has 0 saturated heterocycles. The molecular weight excluding hydrogens is 260 g/mol. The van der Waals surface area contributed by atoms with Crippen LogP contribution in [0.5, 0.6) is 0 Å². The number of hydrogen-bond donors (Lipinski definition) is 1. The third-order valence-corrected chi connectivity index (χ3v) is 4.66. The highest BCUT2D eigenvalue weighted by molar-refractivity contribution is 7.89. The molecule has 0 saturated carbocycles. The van der Waals surface area contributed by atoms with E-state index in [0.29, 0.717) is 0 Å². The number of nitrogens with one attached hydrogen (secondary N) is 1. The van der Waals surface area contributed by atoms with Gasteiger partial charge in [0.2, 0.25) is 10.0 Å². The fourth-order valence-corrected chi connectivity index (χ4v) is 2.91. The Bertz CT molecular complexity index is 494. The molecule has 0 fully saturated rings. The van der Waals surface area contributed by atoms with Crippen molar-refractivity contribution in [3.8, 4) is 0 Å². The summed E-state index contributed by atoms with van der Waals surface area (Å²) in [6.45, 7) is 7.71. The molecule has 0 bridgehead atoms. The molecule has 0 amide bonds. The van der Waals surface area contributed by atoms with Crippen LogP contribution in [-0.4, -0.2) is 19.4 Å². The SMILES string of the molecule is CC(NS(=O)(=O)c1cnccc1Cl)C(C)(C)C. The fraction of sp³-hybridized carbons (Fsp3) is 0.545. The Balaban J connectivity index is 3.03. The van der Waals surface area contributed by atoms with Gasteiger partial charge in [-0.25, -0.2) is 13.1 Å². The minimum Gasteiger partial charge on any atom is -0.263 e. The number of halogens is 1. The largest absolute Gasteiger partial charge is 0.263 e.